The van der Waals surface area contributed by atoms with E-state index in [0.29, 0.717) is 24.5 Å². The number of hydrogen-bond acceptors (Lipinski definition) is 5. The van der Waals surface area contributed by atoms with Crippen LogP contribution < -0.4 is 0 Å². The molecule has 0 aliphatic carbocycles. The fraction of sp³-hybridized carbons (Fsp3) is 0.519. The van der Waals surface area contributed by atoms with Gasteiger partial charge in [0.1, 0.15) is 6.61 Å². The Morgan fingerprint density at radius 3 is 2.26 bits per heavy atom. The molecule has 34 heavy (non-hydrogen) atoms. The third-order valence-electron chi connectivity index (χ3n) is 6.71. The van der Waals surface area contributed by atoms with Crippen molar-refractivity contribution in [3.63, 3.8) is 0 Å². The van der Waals surface area contributed by atoms with E-state index in [4.69, 9.17) is 4.74 Å². The van der Waals surface area contributed by atoms with Gasteiger partial charge < -0.3 is 14.5 Å². The van der Waals surface area contributed by atoms with E-state index >= 15 is 0 Å². The van der Waals surface area contributed by atoms with Crippen molar-refractivity contribution in [3.8, 4) is 0 Å². The van der Waals surface area contributed by atoms with Crippen LogP contribution in [0.2, 0.25) is 0 Å². The molecule has 2 aromatic rings. The Morgan fingerprint density at radius 2 is 1.65 bits per heavy atom. The predicted molar refractivity (Wildman–Crippen MR) is 135 cm³/mol. The maximum atomic E-state index is 12.7. The van der Waals surface area contributed by atoms with Crippen LogP contribution in [0.4, 0.5) is 4.79 Å². The van der Waals surface area contributed by atoms with Gasteiger partial charge in [-0.05, 0) is 63.8 Å². The number of carbonyl (C=O) groups excluding carboxylic acids is 1. The monoisotopic (exact) mass is 486 g/mol. The van der Waals surface area contributed by atoms with E-state index in [1.54, 1.807) is 24.3 Å². The van der Waals surface area contributed by atoms with Gasteiger partial charge in [-0.1, -0.05) is 55.0 Å². The summed E-state index contributed by atoms with van der Waals surface area (Å²) in [5.41, 5.74) is 0.993. The SMILES string of the molecule is CCN(C(=O)OCc1ccccc1)C1CCN(CCCC[C@@H](C)S(=O)(=O)c2ccccc2)CC1. The minimum atomic E-state index is -3.26. The van der Waals surface area contributed by atoms with Gasteiger partial charge in [0.2, 0.25) is 0 Å². The lowest BCUT2D eigenvalue weighted by molar-refractivity contribution is 0.0629. The van der Waals surface area contributed by atoms with E-state index in [-0.39, 0.29) is 17.4 Å². The van der Waals surface area contributed by atoms with Gasteiger partial charge in [-0.25, -0.2) is 13.2 Å². The highest BCUT2D eigenvalue weighted by atomic mass is 32.2. The van der Waals surface area contributed by atoms with Crippen LogP contribution in [0.15, 0.2) is 65.6 Å². The molecule has 0 N–H and O–H groups in total. The number of piperidine rings is 1. The van der Waals surface area contributed by atoms with Gasteiger partial charge in [0.15, 0.2) is 9.84 Å². The van der Waals surface area contributed by atoms with Gasteiger partial charge in [-0.3, -0.25) is 0 Å². The number of carbonyl (C=O) groups is 1. The van der Waals surface area contributed by atoms with Crippen molar-refractivity contribution in [1.82, 2.24) is 9.80 Å². The molecule has 1 saturated heterocycles. The maximum Gasteiger partial charge on any atom is 0.410 e. The molecule has 0 aromatic heterocycles. The first-order valence-electron chi connectivity index (χ1n) is 12.4. The minimum Gasteiger partial charge on any atom is -0.445 e. The molecule has 3 rings (SSSR count). The second kappa shape index (κ2) is 12.9. The Labute approximate surface area is 204 Å². The third-order valence-corrected chi connectivity index (χ3v) is 8.94. The molecule has 0 spiro atoms. The first-order valence-corrected chi connectivity index (χ1v) is 13.9. The minimum absolute atomic E-state index is 0.209. The van der Waals surface area contributed by atoms with Crippen LogP contribution in [0.25, 0.3) is 0 Å². The number of nitrogens with zero attached hydrogens (tertiary/aromatic N) is 2. The summed E-state index contributed by atoms with van der Waals surface area (Å²) in [6.07, 6.45) is 4.18. The average molecular weight is 487 g/mol. The first-order chi connectivity index (χ1) is 16.4. The normalized spacial score (nSPS) is 16.2. The van der Waals surface area contributed by atoms with Crippen molar-refractivity contribution in [2.75, 3.05) is 26.2 Å². The molecule has 7 heteroatoms. The zero-order valence-corrected chi connectivity index (χ0v) is 21.3. The molecule has 0 bridgehead atoms. The molecular weight excluding hydrogens is 448 g/mol. The Hall–Kier alpha value is -2.38. The van der Waals surface area contributed by atoms with E-state index in [2.05, 4.69) is 4.90 Å². The van der Waals surface area contributed by atoms with Crippen molar-refractivity contribution in [3.05, 3.63) is 66.2 Å². The van der Waals surface area contributed by atoms with Gasteiger partial charge in [-0.2, -0.15) is 0 Å². The van der Waals surface area contributed by atoms with Crippen LogP contribution in [0.3, 0.4) is 0 Å². The molecule has 1 aliphatic heterocycles. The Balaban J connectivity index is 1.36. The van der Waals surface area contributed by atoms with E-state index in [0.717, 1.165) is 50.9 Å². The highest BCUT2D eigenvalue weighted by molar-refractivity contribution is 7.92. The zero-order chi connectivity index (χ0) is 24.4. The Bertz CT molecular complexity index is 974. The molecule has 1 aliphatic rings. The van der Waals surface area contributed by atoms with Crippen molar-refractivity contribution in [1.29, 1.82) is 0 Å². The van der Waals surface area contributed by atoms with Crippen molar-refractivity contribution in [2.24, 2.45) is 0 Å². The van der Waals surface area contributed by atoms with Gasteiger partial charge in [-0.15, -0.1) is 0 Å². The summed E-state index contributed by atoms with van der Waals surface area (Å²) in [5, 5.41) is -0.374. The largest absolute Gasteiger partial charge is 0.445 e. The molecular formula is C27H38N2O4S. The van der Waals surface area contributed by atoms with Crippen LogP contribution in [-0.2, 0) is 21.2 Å². The average Bonchev–Trinajstić information content (AvgIpc) is 2.87. The first kappa shape index (κ1) is 26.2. The number of sulfone groups is 1. The van der Waals surface area contributed by atoms with E-state index in [1.165, 1.54) is 0 Å². The van der Waals surface area contributed by atoms with Crippen LogP contribution in [0.1, 0.15) is 51.5 Å². The molecule has 0 unspecified atom stereocenters. The van der Waals surface area contributed by atoms with Crippen LogP contribution in [0, 0.1) is 0 Å². The summed E-state index contributed by atoms with van der Waals surface area (Å²) in [4.78, 5) is 17.3. The Morgan fingerprint density at radius 1 is 1.03 bits per heavy atom. The van der Waals surface area contributed by atoms with Crippen molar-refractivity contribution >= 4 is 15.9 Å². The lowest BCUT2D eigenvalue weighted by atomic mass is 10.0. The molecule has 186 valence electrons. The van der Waals surface area contributed by atoms with Crippen molar-refractivity contribution < 1.29 is 17.9 Å². The highest BCUT2D eigenvalue weighted by Crippen LogP contribution is 2.21. The number of hydrogen-bond donors (Lipinski definition) is 0. The molecule has 1 heterocycles. The summed E-state index contributed by atoms with van der Waals surface area (Å²) < 4.78 is 30.9. The summed E-state index contributed by atoms with van der Waals surface area (Å²) in [7, 11) is -3.26. The molecule has 6 nitrogen and oxygen atoms in total. The number of rotatable bonds is 11. The predicted octanol–water partition coefficient (Wildman–Crippen LogP) is 5.14. The van der Waals surface area contributed by atoms with Crippen LogP contribution >= 0.6 is 0 Å². The standard InChI is InChI=1S/C27H38N2O4S/c1-3-29(27(30)33-22-24-13-6-4-7-14-24)25-17-20-28(21-18-25)19-11-10-12-23(2)34(31,32)26-15-8-5-9-16-26/h4-9,13-16,23,25H,3,10-12,17-22H2,1-2H3/t23-/m1/s1. The number of likely N-dealkylation sites (tertiary alicyclic amines) is 1. The molecule has 0 radical (unpaired) electrons. The second-order valence-corrected chi connectivity index (χ2v) is 11.4. The summed E-state index contributed by atoms with van der Waals surface area (Å²) in [5.74, 6) is 0. The molecule has 0 saturated carbocycles. The fourth-order valence-electron chi connectivity index (χ4n) is 4.56. The second-order valence-electron chi connectivity index (χ2n) is 9.06. The van der Waals surface area contributed by atoms with Gasteiger partial charge >= 0.3 is 6.09 Å². The van der Waals surface area contributed by atoms with Gasteiger partial charge in [0.25, 0.3) is 0 Å². The smallest absolute Gasteiger partial charge is 0.410 e. The zero-order valence-electron chi connectivity index (χ0n) is 20.4. The molecule has 1 amide bonds. The van der Waals surface area contributed by atoms with Gasteiger partial charge in [0, 0.05) is 25.7 Å². The quantitative estimate of drug-likeness (QED) is 0.411. The maximum absolute atomic E-state index is 12.7. The number of unbranched alkanes of at least 4 members (excludes halogenated alkanes) is 1. The van der Waals surface area contributed by atoms with E-state index in [1.807, 2.05) is 55.1 Å². The van der Waals surface area contributed by atoms with Crippen molar-refractivity contribution in [2.45, 2.75) is 68.7 Å². The van der Waals surface area contributed by atoms with E-state index in [9.17, 15) is 13.2 Å². The lowest BCUT2D eigenvalue weighted by Gasteiger charge is -2.37. The molecule has 1 atom stereocenters. The third kappa shape index (κ3) is 7.31. The van der Waals surface area contributed by atoms with Crippen LogP contribution in [0.5, 0.6) is 0 Å². The topological polar surface area (TPSA) is 66.9 Å². The summed E-state index contributed by atoms with van der Waals surface area (Å²) in [6.45, 7) is 7.62. The van der Waals surface area contributed by atoms with E-state index < -0.39 is 9.84 Å². The Kier molecular flexibility index (Phi) is 9.96. The lowest BCUT2D eigenvalue weighted by Crippen LogP contribution is -2.47. The van der Waals surface area contributed by atoms with Crippen LogP contribution in [-0.4, -0.2) is 61.8 Å². The molecule has 1 fully saturated rings. The molecule has 2 aromatic carbocycles. The number of benzene rings is 2. The van der Waals surface area contributed by atoms with Gasteiger partial charge in [0.05, 0.1) is 10.1 Å². The number of ether oxygens (including phenoxy) is 1. The summed E-state index contributed by atoms with van der Waals surface area (Å²) in [6, 6.07) is 18.7. The fourth-order valence-corrected chi connectivity index (χ4v) is 6.04. The number of amides is 1. The summed E-state index contributed by atoms with van der Waals surface area (Å²) >= 11 is 0. The highest BCUT2D eigenvalue weighted by Gasteiger charge is 2.28.